The standard InChI is InChI=1S/C25H26N2O3/c28-24(30-17-18-7-2-1-3-8-18)27-20-10-6-11-21(27)16-25(29,15-20)23-22-12-5-4-9-19(22)13-14-26-23/h1-5,7-9,12-14,20-21,29H,6,10-11,15-17H2. The number of aromatic nitrogens is 1. The molecule has 5 nitrogen and oxygen atoms in total. The van der Waals surface area contributed by atoms with Crippen LogP contribution in [0.25, 0.3) is 10.8 Å². The Balaban J connectivity index is 1.38. The smallest absolute Gasteiger partial charge is 0.410 e. The highest BCUT2D eigenvalue weighted by Crippen LogP contribution is 2.45. The molecule has 154 valence electrons. The predicted octanol–water partition coefficient (Wildman–Crippen LogP) is 4.78. The van der Waals surface area contributed by atoms with E-state index in [9.17, 15) is 9.90 Å². The second-order valence-electron chi connectivity index (χ2n) is 8.51. The van der Waals surface area contributed by atoms with E-state index in [1.807, 2.05) is 65.6 Å². The third kappa shape index (κ3) is 3.43. The van der Waals surface area contributed by atoms with Crippen LogP contribution in [-0.2, 0) is 16.9 Å². The van der Waals surface area contributed by atoms with Crippen molar-refractivity contribution in [2.45, 2.75) is 56.4 Å². The number of pyridine rings is 1. The molecule has 30 heavy (non-hydrogen) atoms. The zero-order valence-corrected chi connectivity index (χ0v) is 16.9. The minimum atomic E-state index is -1.03. The largest absolute Gasteiger partial charge is 0.445 e. The van der Waals surface area contributed by atoms with E-state index in [2.05, 4.69) is 4.98 Å². The third-order valence-corrected chi connectivity index (χ3v) is 6.54. The number of carbonyl (C=O) groups is 1. The molecular weight excluding hydrogens is 376 g/mol. The van der Waals surface area contributed by atoms with E-state index in [0.717, 1.165) is 41.3 Å². The zero-order valence-electron chi connectivity index (χ0n) is 16.9. The van der Waals surface area contributed by atoms with E-state index in [4.69, 9.17) is 4.74 Å². The van der Waals surface area contributed by atoms with Crippen LogP contribution < -0.4 is 0 Å². The normalized spacial score (nSPS) is 25.8. The second-order valence-corrected chi connectivity index (χ2v) is 8.51. The van der Waals surface area contributed by atoms with Gasteiger partial charge in [0.2, 0.25) is 0 Å². The lowest BCUT2D eigenvalue weighted by Gasteiger charge is -2.51. The van der Waals surface area contributed by atoms with Crippen molar-refractivity contribution in [1.82, 2.24) is 9.88 Å². The number of nitrogens with zero attached hydrogens (tertiary/aromatic N) is 2. The topological polar surface area (TPSA) is 62.7 Å². The Morgan fingerprint density at radius 1 is 1.03 bits per heavy atom. The van der Waals surface area contributed by atoms with Gasteiger partial charge in [-0.1, -0.05) is 54.6 Å². The summed E-state index contributed by atoms with van der Waals surface area (Å²) >= 11 is 0. The molecule has 3 heterocycles. The lowest BCUT2D eigenvalue weighted by molar-refractivity contribution is -0.0909. The number of aliphatic hydroxyl groups is 1. The van der Waals surface area contributed by atoms with Crippen molar-refractivity contribution in [3.8, 4) is 0 Å². The van der Waals surface area contributed by atoms with Gasteiger partial charge in [-0.15, -0.1) is 0 Å². The minimum Gasteiger partial charge on any atom is -0.445 e. The molecule has 0 aliphatic carbocycles. The summed E-state index contributed by atoms with van der Waals surface area (Å²) in [6, 6.07) is 19.7. The van der Waals surface area contributed by atoms with Crippen LogP contribution in [0.1, 0.15) is 43.4 Å². The maximum atomic E-state index is 13.0. The minimum absolute atomic E-state index is 0.0356. The van der Waals surface area contributed by atoms with Crippen LogP contribution in [0.5, 0.6) is 0 Å². The first-order chi connectivity index (χ1) is 14.6. The van der Waals surface area contributed by atoms with E-state index in [0.29, 0.717) is 12.8 Å². The predicted molar refractivity (Wildman–Crippen MR) is 115 cm³/mol. The van der Waals surface area contributed by atoms with Crippen LogP contribution in [0.2, 0.25) is 0 Å². The van der Waals surface area contributed by atoms with Crippen molar-refractivity contribution < 1.29 is 14.6 Å². The molecule has 2 aromatic carbocycles. The molecule has 0 spiro atoms. The van der Waals surface area contributed by atoms with Crippen LogP contribution in [0, 0.1) is 0 Å². The van der Waals surface area contributed by atoms with Crippen LogP contribution in [0.15, 0.2) is 66.9 Å². The Morgan fingerprint density at radius 2 is 1.73 bits per heavy atom. The first kappa shape index (κ1) is 19.1. The molecule has 5 heteroatoms. The molecule has 1 N–H and O–H groups in total. The van der Waals surface area contributed by atoms with Gasteiger partial charge in [-0.05, 0) is 36.3 Å². The number of rotatable bonds is 3. The molecule has 3 aromatic rings. The molecule has 2 fully saturated rings. The van der Waals surface area contributed by atoms with Gasteiger partial charge < -0.3 is 14.7 Å². The third-order valence-electron chi connectivity index (χ3n) is 6.54. The van der Waals surface area contributed by atoms with Crippen LogP contribution in [0.3, 0.4) is 0 Å². The molecule has 0 saturated carbocycles. The van der Waals surface area contributed by atoms with Crippen molar-refractivity contribution >= 4 is 16.9 Å². The fraction of sp³-hybridized carbons (Fsp3) is 0.360. The summed E-state index contributed by atoms with van der Waals surface area (Å²) in [5.74, 6) is 0. The molecule has 5 rings (SSSR count). The van der Waals surface area contributed by atoms with E-state index >= 15 is 0 Å². The number of benzene rings is 2. The van der Waals surface area contributed by atoms with Gasteiger partial charge in [-0.2, -0.15) is 0 Å². The number of amides is 1. The Hall–Kier alpha value is -2.92. The van der Waals surface area contributed by atoms with Crippen molar-refractivity contribution in [2.24, 2.45) is 0 Å². The van der Waals surface area contributed by atoms with Gasteiger partial charge in [-0.3, -0.25) is 4.98 Å². The van der Waals surface area contributed by atoms with Crippen molar-refractivity contribution in [3.05, 3.63) is 78.1 Å². The maximum Gasteiger partial charge on any atom is 0.410 e. The summed E-state index contributed by atoms with van der Waals surface area (Å²) in [7, 11) is 0. The van der Waals surface area contributed by atoms with Gasteiger partial charge >= 0.3 is 6.09 Å². The SMILES string of the molecule is O=C(OCc1ccccc1)N1C2CCCC1CC(O)(c1nccc3ccccc13)C2. The average molecular weight is 402 g/mol. The highest BCUT2D eigenvalue weighted by atomic mass is 16.6. The van der Waals surface area contributed by atoms with Gasteiger partial charge in [0, 0.05) is 36.5 Å². The quantitative estimate of drug-likeness (QED) is 0.685. The Bertz CT molecular complexity index is 1030. The summed E-state index contributed by atoms with van der Waals surface area (Å²) in [4.78, 5) is 19.4. The summed E-state index contributed by atoms with van der Waals surface area (Å²) in [5.41, 5.74) is 0.673. The highest BCUT2D eigenvalue weighted by Gasteiger charge is 2.49. The first-order valence-electron chi connectivity index (χ1n) is 10.7. The van der Waals surface area contributed by atoms with Gasteiger partial charge in [0.15, 0.2) is 0 Å². The van der Waals surface area contributed by atoms with Crippen LogP contribution >= 0.6 is 0 Å². The first-order valence-corrected chi connectivity index (χ1v) is 10.7. The number of hydrogen-bond acceptors (Lipinski definition) is 4. The fourth-order valence-electron chi connectivity index (χ4n) is 5.20. The Morgan fingerprint density at radius 3 is 2.50 bits per heavy atom. The van der Waals surface area contributed by atoms with E-state index < -0.39 is 5.60 Å². The second kappa shape index (κ2) is 7.73. The van der Waals surface area contributed by atoms with Crippen molar-refractivity contribution in [1.29, 1.82) is 0 Å². The van der Waals surface area contributed by atoms with E-state index in [1.54, 1.807) is 6.20 Å². The fourth-order valence-corrected chi connectivity index (χ4v) is 5.20. The van der Waals surface area contributed by atoms with E-state index in [-0.39, 0.29) is 24.8 Å². The van der Waals surface area contributed by atoms with Gasteiger partial charge in [-0.25, -0.2) is 4.79 Å². The van der Waals surface area contributed by atoms with Crippen molar-refractivity contribution in [3.63, 3.8) is 0 Å². The van der Waals surface area contributed by atoms with E-state index in [1.165, 1.54) is 0 Å². The van der Waals surface area contributed by atoms with Crippen molar-refractivity contribution in [2.75, 3.05) is 0 Å². The van der Waals surface area contributed by atoms with Gasteiger partial charge in [0.05, 0.1) is 5.69 Å². The molecule has 2 atom stereocenters. The number of carbonyl (C=O) groups excluding carboxylic acids is 1. The summed E-state index contributed by atoms with van der Waals surface area (Å²) in [5, 5.41) is 13.8. The Labute approximate surface area is 176 Å². The number of ether oxygens (including phenoxy) is 1. The number of fused-ring (bicyclic) bond motifs is 3. The lowest BCUT2D eigenvalue weighted by atomic mass is 9.73. The zero-order chi connectivity index (χ0) is 20.6. The molecule has 0 radical (unpaired) electrons. The molecule has 1 aromatic heterocycles. The van der Waals surface area contributed by atoms with Crippen LogP contribution in [0.4, 0.5) is 4.79 Å². The maximum absolute atomic E-state index is 13.0. The molecular formula is C25H26N2O3. The van der Waals surface area contributed by atoms with Gasteiger partial charge in [0.25, 0.3) is 0 Å². The number of piperidine rings is 2. The summed E-state index contributed by atoms with van der Waals surface area (Å²) < 4.78 is 5.64. The molecule has 2 saturated heterocycles. The molecule has 1 amide bonds. The monoisotopic (exact) mass is 402 g/mol. The summed E-state index contributed by atoms with van der Waals surface area (Å²) in [6.07, 6.45) is 5.30. The van der Waals surface area contributed by atoms with Crippen LogP contribution in [-0.4, -0.2) is 33.2 Å². The Kier molecular flexibility index (Phi) is 4.91. The highest BCUT2D eigenvalue weighted by molar-refractivity contribution is 5.85. The van der Waals surface area contributed by atoms with Gasteiger partial charge in [0.1, 0.15) is 12.2 Å². The molecule has 2 aliphatic rings. The average Bonchev–Trinajstić information content (AvgIpc) is 2.77. The summed E-state index contributed by atoms with van der Waals surface area (Å²) in [6.45, 7) is 0.269. The number of hydrogen-bond donors (Lipinski definition) is 1. The lowest BCUT2D eigenvalue weighted by Crippen LogP contribution is -2.59. The molecule has 2 bridgehead atoms. The molecule has 2 unspecified atom stereocenters. The molecule has 2 aliphatic heterocycles.